The third-order valence-electron chi connectivity index (χ3n) is 3.20. The van der Waals surface area contributed by atoms with E-state index in [4.69, 9.17) is 0 Å². The van der Waals surface area contributed by atoms with E-state index in [1.807, 2.05) is 50.4 Å². The Bertz CT molecular complexity index is 767. The van der Waals surface area contributed by atoms with E-state index in [0.717, 1.165) is 28.1 Å². The zero-order valence-corrected chi connectivity index (χ0v) is 12.2. The van der Waals surface area contributed by atoms with Crippen molar-refractivity contribution in [2.75, 3.05) is 31.4 Å². The van der Waals surface area contributed by atoms with Gasteiger partial charge in [0.1, 0.15) is 11.3 Å². The summed E-state index contributed by atoms with van der Waals surface area (Å²) in [6, 6.07) is 5.90. The Morgan fingerprint density at radius 1 is 1.05 bits per heavy atom. The second-order valence-electron chi connectivity index (χ2n) is 4.83. The minimum absolute atomic E-state index is 0.715. The first-order chi connectivity index (χ1) is 10.2. The SMILES string of the molecule is CNc1nc(-c2ccc(N(C)C)nc2)cc2nccnc12. The molecule has 106 valence electrons. The molecule has 0 radical (unpaired) electrons. The number of nitrogens with one attached hydrogen (secondary N) is 1. The Labute approximate surface area is 122 Å². The molecule has 0 bridgehead atoms. The average molecular weight is 280 g/mol. The van der Waals surface area contributed by atoms with Crippen LogP contribution in [0, 0.1) is 0 Å². The number of aromatic nitrogens is 4. The van der Waals surface area contributed by atoms with Crippen LogP contribution in [0.5, 0.6) is 0 Å². The maximum absolute atomic E-state index is 4.60. The van der Waals surface area contributed by atoms with Crippen molar-refractivity contribution in [2.45, 2.75) is 0 Å². The first-order valence-corrected chi connectivity index (χ1v) is 6.62. The van der Waals surface area contributed by atoms with Crippen molar-refractivity contribution in [3.05, 3.63) is 36.8 Å². The lowest BCUT2D eigenvalue weighted by atomic mass is 10.1. The molecule has 6 heteroatoms. The van der Waals surface area contributed by atoms with Crippen LogP contribution in [-0.4, -0.2) is 41.1 Å². The van der Waals surface area contributed by atoms with Crippen LogP contribution in [0.4, 0.5) is 11.6 Å². The van der Waals surface area contributed by atoms with Crippen molar-refractivity contribution in [3.8, 4) is 11.3 Å². The summed E-state index contributed by atoms with van der Waals surface area (Å²) in [6.45, 7) is 0. The summed E-state index contributed by atoms with van der Waals surface area (Å²) in [5, 5.41) is 3.07. The molecular formula is C15H16N6. The zero-order valence-electron chi connectivity index (χ0n) is 12.2. The standard InChI is InChI=1S/C15H16N6/c1-16-15-14-12(17-6-7-18-14)8-11(20-15)10-4-5-13(19-9-10)21(2)3/h4-9H,1-3H3,(H,16,20). The van der Waals surface area contributed by atoms with Crippen molar-refractivity contribution in [3.63, 3.8) is 0 Å². The van der Waals surface area contributed by atoms with Crippen LogP contribution in [0.15, 0.2) is 36.8 Å². The number of nitrogens with zero attached hydrogens (tertiary/aromatic N) is 5. The second-order valence-corrected chi connectivity index (χ2v) is 4.83. The lowest BCUT2D eigenvalue weighted by Gasteiger charge is -2.12. The molecule has 3 aromatic heterocycles. The van der Waals surface area contributed by atoms with Gasteiger partial charge in [0.2, 0.25) is 0 Å². The van der Waals surface area contributed by atoms with Crippen molar-refractivity contribution in [2.24, 2.45) is 0 Å². The molecule has 0 aliphatic carbocycles. The molecule has 0 spiro atoms. The van der Waals surface area contributed by atoms with Gasteiger partial charge in [-0.15, -0.1) is 0 Å². The fraction of sp³-hybridized carbons (Fsp3) is 0.200. The zero-order chi connectivity index (χ0) is 14.8. The number of hydrogen-bond acceptors (Lipinski definition) is 6. The fourth-order valence-corrected chi connectivity index (χ4v) is 2.10. The number of hydrogen-bond donors (Lipinski definition) is 1. The molecule has 0 amide bonds. The van der Waals surface area contributed by atoms with Crippen molar-refractivity contribution >= 4 is 22.7 Å². The molecule has 0 saturated carbocycles. The molecule has 0 aromatic carbocycles. The van der Waals surface area contributed by atoms with Crippen LogP contribution in [-0.2, 0) is 0 Å². The van der Waals surface area contributed by atoms with Crippen LogP contribution in [0.2, 0.25) is 0 Å². The van der Waals surface area contributed by atoms with E-state index in [1.54, 1.807) is 12.4 Å². The van der Waals surface area contributed by atoms with Crippen LogP contribution in [0.1, 0.15) is 0 Å². The van der Waals surface area contributed by atoms with E-state index in [0.29, 0.717) is 5.82 Å². The van der Waals surface area contributed by atoms with Crippen molar-refractivity contribution in [1.82, 2.24) is 19.9 Å². The van der Waals surface area contributed by atoms with E-state index in [1.165, 1.54) is 0 Å². The van der Waals surface area contributed by atoms with Gasteiger partial charge in [-0.25, -0.2) is 15.0 Å². The van der Waals surface area contributed by atoms with Gasteiger partial charge in [-0.3, -0.25) is 4.98 Å². The van der Waals surface area contributed by atoms with Gasteiger partial charge >= 0.3 is 0 Å². The van der Waals surface area contributed by atoms with Gasteiger partial charge in [0, 0.05) is 45.3 Å². The highest BCUT2D eigenvalue weighted by Gasteiger charge is 2.09. The van der Waals surface area contributed by atoms with Gasteiger partial charge in [-0.05, 0) is 18.2 Å². The Morgan fingerprint density at radius 2 is 1.86 bits per heavy atom. The summed E-state index contributed by atoms with van der Waals surface area (Å²) in [6.07, 6.45) is 5.16. The highest BCUT2D eigenvalue weighted by atomic mass is 15.1. The molecule has 6 nitrogen and oxygen atoms in total. The summed E-state index contributed by atoms with van der Waals surface area (Å²) < 4.78 is 0. The molecule has 21 heavy (non-hydrogen) atoms. The van der Waals surface area contributed by atoms with E-state index in [2.05, 4.69) is 25.3 Å². The predicted octanol–water partition coefficient (Wildman–Crippen LogP) is 2.19. The molecular weight excluding hydrogens is 264 g/mol. The lowest BCUT2D eigenvalue weighted by molar-refractivity contribution is 1.07. The van der Waals surface area contributed by atoms with Gasteiger partial charge < -0.3 is 10.2 Å². The monoisotopic (exact) mass is 280 g/mol. The summed E-state index contributed by atoms with van der Waals surface area (Å²) in [4.78, 5) is 19.6. The highest BCUT2D eigenvalue weighted by molar-refractivity contribution is 5.88. The largest absolute Gasteiger partial charge is 0.371 e. The number of rotatable bonds is 3. The van der Waals surface area contributed by atoms with Crippen LogP contribution in [0.25, 0.3) is 22.3 Å². The van der Waals surface area contributed by atoms with Gasteiger partial charge in [0.05, 0.1) is 11.2 Å². The Hall–Kier alpha value is -2.76. The summed E-state index contributed by atoms with van der Waals surface area (Å²) in [5.74, 6) is 1.63. The van der Waals surface area contributed by atoms with Crippen LogP contribution in [0.3, 0.4) is 0 Å². The maximum atomic E-state index is 4.60. The first-order valence-electron chi connectivity index (χ1n) is 6.62. The molecule has 1 N–H and O–H groups in total. The van der Waals surface area contributed by atoms with E-state index >= 15 is 0 Å². The minimum Gasteiger partial charge on any atom is -0.371 e. The summed E-state index contributed by atoms with van der Waals surface area (Å²) >= 11 is 0. The van der Waals surface area contributed by atoms with Crippen LogP contribution >= 0.6 is 0 Å². The fourth-order valence-electron chi connectivity index (χ4n) is 2.10. The molecule has 0 aliphatic heterocycles. The molecule has 0 unspecified atom stereocenters. The summed E-state index contributed by atoms with van der Waals surface area (Å²) in [5.41, 5.74) is 3.35. The van der Waals surface area contributed by atoms with Gasteiger partial charge in [-0.2, -0.15) is 0 Å². The van der Waals surface area contributed by atoms with E-state index < -0.39 is 0 Å². The van der Waals surface area contributed by atoms with Gasteiger partial charge in [0.15, 0.2) is 5.82 Å². The molecule has 0 fully saturated rings. The molecule has 3 heterocycles. The smallest absolute Gasteiger partial charge is 0.154 e. The maximum Gasteiger partial charge on any atom is 0.154 e. The predicted molar refractivity (Wildman–Crippen MR) is 84.4 cm³/mol. The average Bonchev–Trinajstić information content (AvgIpc) is 2.53. The molecule has 3 aromatic rings. The van der Waals surface area contributed by atoms with Crippen molar-refractivity contribution in [1.29, 1.82) is 0 Å². The van der Waals surface area contributed by atoms with E-state index in [9.17, 15) is 0 Å². The van der Waals surface area contributed by atoms with Gasteiger partial charge in [-0.1, -0.05) is 0 Å². The Kier molecular flexibility index (Phi) is 3.35. The molecule has 0 atom stereocenters. The second kappa shape index (κ2) is 5.32. The van der Waals surface area contributed by atoms with Gasteiger partial charge in [0.25, 0.3) is 0 Å². The third-order valence-corrected chi connectivity index (χ3v) is 3.20. The Balaban J connectivity index is 2.11. The van der Waals surface area contributed by atoms with Crippen LogP contribution < -0.4 is 10.2 Å². The Morgan fingerprint density at radius 3 is 2.52 bits per heavy atom. The third kappa shape index (κ3) is 2.47. The number of pyridine rings is 2. The normalized spacial score (nSPS) is 10.6. The quantitative estimate of drug-likeness (QED) is 0.793. The number of fused-ring (bicyclic) bond motifs is 1. The van der Waals surface area contributed by atoms with Crippen molar-refractivity contribution < 1.29 is 0 Å². The highest BCUT2D eigenvalue weighted by Crippen LogP contribution is 2.25. The molecule has 0 aliphatic rings. The van der Waals surface area contributed by atoms with E-state index in [-0.39, 0.29) is 0 Å². The number of anilines is 2. The molecule has 0 saturated heterocycles. The minimum atomic E-state index is 0.715. The molecule has 3 rings (SSSR count). The summed E-state index contributed by atoms with van der Waals surface area (Å²) in [7, 11) is 5.75. The topological polar surface area (TPSA) is 66.8 Å². The lowest BCUT2D eigenvalue weighted by Crippen LogP contribution is -2.10. The first kappa shape index (κ1) is 13.2.